The van der Waals surface area contributed by atoms with E-state index in [1.807, 2.05) is 32.1 Å². The second-order valence-electron chi connectivity index (χ2n) is 21.7. The molecule has 0 saturated carbocycles. The van der Waals surface area contributed by atoms with Crippen molar-refractivity contribution in [2.24, 2.45) is 10.2 Å². The van der Waals surface area contributed by atoms with E-state index in [9.17, 15) is 48.5 Å². The van der Waals surface area contributed by atoms with E-state index in [4.69, 9.17) is 51.1 Å². The fraction of sp³-hybridized carbons (Fsp3) is 0.596. The van der Waals surface area contributed by atoms with Crippen molar-refractivity contribution in [1.82, 2.24) is 10.6 Å². The van der Waals surface area contributed by atoms with Crippen LogP contribution in [0.15, 0.2) is 101 Å². The smallest absolute Gasteiger partial charge is 0.294 e. The van der Waals surface area contributed by atoms with Gasteiger partial charge in [0.2, 0.25) is 17.5 Å². The van der Waals surface area contributed by atoms with Crippen LogP contribution in [0.25, 0.3) is 20.9 Å². The van der Waals surface area contributed by atoms with E-state index in [0.717, 1.165) is 28.6 Å². The standard InChI is InChI=1S/C57H81ClN10O17S3/c1-56(2)46-39-44(86(71,72)73)17-18-47(46)67(25-9-5-7-11-52(69)61-21-27-80-31-35-84-37-33-82-29-23-63-65-59)50(56)19-15-42-13-14-43(55(42)58)16-20-51-57(3,4)54-48(40-45(87(74,75)76)41-49(54)88(77,78)79)68(51)26-10-6-8-12-53(70)62-22-28-81-32-36-85-38-34-83-30-24-64-66-60/h15-20,39-41H,5-14,21-38H2,1-4H3,(H4-,61,62,69,70,71,72,73,74,75,76,77,78,79)/p+1. The second-order valence-corrected chi connectivity index (χ2v) is 26.3. The van der Waals surface area contributed by atoms with Gasteiger partial charge in [0.25, 0.3) is 30.4 Å². The van der Waals surface area contributed by atoms with Crippen LogP contribution in [-0.2, 0) is 79.2 Å². The number of hydrogen-bond donors (Lipinski definition) is 5. The first-order valence-electron chi connectivity index (χ1n) is 29.0. The topological polar surface area (TPSA) is 380 Å². The van der Waals surface area contributed by atoms with Crippen molar-refractivity contribution in [3.63, 3.8) is 0 Å². The lowest BCUT2D eigenvalue weighted by Crippen LogP contribution is -2.28. The Kier molecular flexibility index (Phi) is 29.5. The van der Waals surface area contributed by atoms with E-state index in [1.165, 1.54) is 18.2 Å². The predicted molar refractivity (Wildman–Crippen MR) is 329 cm³/mol. The highest BCUT2D eigenvalue weighted by Crippen LogP contribution is 2.52. The molecule has 0 fully saturated rings. The summed E-state index contributed by atoms with van der Waals surface area (Å²) in [6.45, 7) is 13.3. The number of rotatable bonds is 42. The van der Waals surface area contributed by atoms with Gasteiger partial charge in [-0.3, -0.25) is 23.2 Å². The first kappa shape index (κ1) is 73.0. The van der Waals surface area contributed by atoms with Gasteiger partial charge in [0.1, 0.15) is 11.4 Å². The van der Waals surface area contributed by atoms with Crippen LogP contribution in [0.4, 0.5) is 11.4 Å². The summed E-state index contributed by atoms with van der Waals surface area (Å²) in [6, 6.07) is 6.45. The number of carbonyl (C=O) groups excluding carboxylic acids is 2. The number of azide groups is 2. The highest BCUT2D eigenvalue weighted by molar-refractivity contribution is 7.86. The molecule has 3 aliphatic rings. The lowest BCUT2D eigenvalue weighted by Gasteiger charge is -2.27. The Labute approximate surface area is 520 Å². The van der Waals surface area contributed by atoms with Crippen molar-refractivity contribution in [3.8, 4) is 0 Å². The normalized spacial score (nSPS) is 16.4. The zero-order chi connectivity index (χ0) is 64.4. The number of anilines is 1. The van der Waals surface area contributed by atoms with Crippen LogP contribution in [0.5, 0.6) is 0 Å². The van der Waals surface area contributed by atoms with Crippen molar-refractivity contribution < 1.29 is 81.5 Å². The molecule has 0 saturated heterocycles. The molecule has 0 radical (unpaired) electrons. The van der Waals surface area contributed by atoms with Crippen LogP contribution in [0.2, 0.25) is 0 Å². The number of hydrogen-bond acceptors (Lipinski definition) is 17. The van der Waals surface area contributed by atoms with Crippen molar-refractivity contribution in [1.29, 1.82) is 0 Å². The van der Waals surface area contributed by atoms with E-state index in [-0.39, 0.29) is 67.2 Å². The second kappa shape index (κ2) is 35.6. The Morgan fingerprint density at radius 1 is 0.648 bits per heavy atom. The number of unbranched alkanes of at least 4 members (excludes halogenated alkanes) is 4. The van der Waals surface area contributed by atoms with E-state index in [0.29, 0.717) is 160 Å². The molecule has 27 nitrogen and oxygen atoms in total. The molecule has 2 amide bonds. The Balaban J connectivity index is 1.25. The fourth-order valence-electron chi connectivity index (χ4n) is 10.4. The molecule has 1 aliphatic carbocycles. The molecule has 5 rings (SSSR count). The summed E-state index contributed by atoms with van der Waals surface area (Å²) in [5, 5.41) is 12.9. The summed E-state index contributed by atoms with van der Waals surface area (Å²) >= 11 is 7.18. The molecule has 2 aliphatic heterocycles. The van der Waals surface area contributed by atoms with Crippen LogP contribution in [0.1, 0.15) is 103 Å². The highest BCUT2D eigenvalue weighted by atomic mass is 35.5. The number of benzene rings is 2. The van der Waals surface area contributed by atoms with Gasteiger partial charge in [-0.1, -0.05) is 54.2 Å². The molecule has 31 heteroatoms. The summed E-state index contributed by atoms with van der Waals surface area (Å²) in [5.74, 6) is -0.289. The van der Waals surface area contributed by atoms with Gasteiger partial charge < -0.3 is 44.0 Å². The number of carbonyl (C=O) groups is 2. The predicted octanol–water partition coefficient (Wildman–Crippen LogP) is 8.33. The highest BCUT2D eigenvalue weighted by Gasteiger charge is 2.46. The van der Waals surface area contributed by atoms with Crippen LogP contribution < -0.4 is 15.5 Å². The molecule has 0 bridgehead atoms. The number of nitrogens with zero attached hydrogens (tertiary/aromatic N) is 8. The van der Waals surface area contributed by atoms with Gasteiger partial charge in [-0.25, -0.2) is 0 Å². The number of fused-ring (bicyclic) bond motifs is 2. The minimum atomic E-state index is -5.04. The monoisotopic (exact) mass is 1310 g/mol. The summed E-state index contributed by atoms with van der Waals surface area (Å²) in [7, 11) is -14.5. The van der Waals surface area contributed by atoms with Crippen molar-refractivity contribution in [2.45, 2.75) is 117 Å². The number of allylic oxidation sites excluding steroid dienone is 8. The third-order valence-corrected chi connectivity index (χ3v) is 17.8. The Morgan fingerprint density at radius 2 is 1.17 bits per heavy atom. The van der Waals surface area contributed by atoms with Gasteiger partial charge in [0, 0.05) is 107 Å². The van der Waals surface area contributed by atoms with Crippen molar-refractivity contribution in [2.75, 3.05) is 123 Å². The number of ether oxygens (including phenoxy) is 6. The molecule has 0 aromatic heterocycles. The average molecular weight is 1310 g/mol. The summed E-state index contributed by atoms with van der Waals surface area (Å²) < 4.78 is 141. The van der Waals surface area contributed by atoms with Gasteiger partial charge in [-0.2, -0.15) is 29.8 Å². The summed E-state index contributed by atoms with van der Waals surface area (Å²) in [5.41, 5.74) is 19.3. The molecule has 2 aromatic carbocycles. The van der Waals surface area contributed by atoms with Crippen molar-refractivity contribution in [3.05, 3.63) is 109 Å². The molecule has 0 unspecified atom stereocenters. The minimum Gasteiger partial charge on any atom is -0.379 e. The van der Waals surface area contributed by atoms with Crippen LogP contribution >= 0.6 is 11.6 Å². The molecule has 486 valence electrons. The molecule has 2 heterocycles. The molecular formula is C57H82ClN10O17S3+. The third-order valence-electron chi connectivity index (χ3n) is 14.7. The van der Waals surface area contributed by atoms with Crippen molar-refractivity contribution >= 4 is 70.9 Å². The molecular weight excluding hydrogens is 1230 g/mol. The Morgan fingerprint density at radius 3 is 1.69 bits per heavy atom. The van der Waals surface area contributed by atoms with E-state index in [2.05, 4.69) is 35.3 Å². The quantitative estimate of drug-likeness (QED) is 0.0104. The molecule has 2 aromatic rings. The lowest BCUT2D eigenvalue weighted by atomic mass is 9.81. The number of nitrogens with one attached hydrogen (secondary N) is 2. The molecule has 0 spiro atoms. The largest absolute Gasteiger partial charge is 0.379 e. The first-order chi connectivity index (χ1) is 41.8. The Bertz CT molecular complexity index is 3360. The zero-order valence-electron chi connectivity index (χ0n) is 50.2. The van der Waals surface area contributed by atoms with Crippen LogP contribution in [-0.4, -0.2) is 180 Å². The van der Waals surface area contributed by atoms with Gasteiger partial charge in [-0.15, -0.1) is 0 Å². The SMILES string of the molecule is CC1(C)C(/C=C/C2=C(Cl)C(=C/C=C3/N(CCCCCC(=O)NCCOCCOCCOCCN=[N+]=[N-])c4cc(S(=O)(=O)O)cc(S(=O)(=O)O)c4C3(C)C)/CC2)=[N+](CCCCCC(=O)NCCOCCOCCOCCN=[N+]=[N-])c2ccc(S(=O)(=O)O)cc21. The zero-order valence-corrected chi connectivity index (χ0v) is 53.4. The van der Waals surface area contributed by atoms with Crippen LogP contribution in [0.3, 0.4) is 0 Å². The Hall–Kier alpha value is -5.79. The average Bonchev–Trinajstić information content (AvgIpc) is 1.68. The number of halogens is 1. The van der Waals surface area contributed by atoms with E-state index >= 15 is 0 Å². The third kappa shape index (κ3) is 22.3. The minimum absolute atomic E-state index is 0.106. The molecule has 88 heavy (non-hydrogen) atoms. The number of amides is 2. The summed E-state index contributed by atoms with van der Waals surface area (Å²) in [4.78, 5) is 30.8. The van der Waals surface area contributed by atoms with E-state index < -0.39 is 51.0 Å². The van der Waals surface area contributed by atoms with Crippen LogP contribution in [0, 0.1) is 0 Å². The lowest BCUT2D eigenvalue weighted by molar-refractivity contribution is -0.438. The maximum Gasteiger partial charge on any atom is 0.294 e. The van der Waals surface area contributed by atoms with Gasteiger partial charge in [0.15, 0.2) is 5.71 Å². The fourth-order valence-corrected chi connectivity index (χ4v) is 12.7. The van der Waals surface area contributed by atoms with Gasteiger partial charge >= 0.3 is 0 Å². The summed E-state index contributed by atoms with van der Waals surface area (Å²) in [6.07, 6.45) is 12.6. The molecule has 5 N–H and O–H groups in total. The first-order valence-corrected chi connectivity index (χ1v) is 33.7. The maximum atomic E-state index is 13.0. The maximum absolute atomic E-state index is 13.0. The van der Waals surface area contributed by atoms with E-state index in [1.54, 1.807) is 30.9 Å². The van der Waals surface area contributed by atoms with Gasteiger partial charge in [-0.05, 0) is 105 Å². The molecule has 0 atom stereocenters. The van der Waals surface area contributed by atoms with Gasteiger partial charge in [0.05, 0.1) is 94.5 Å².